The first kappa shape index (κ1) is 11.4. The standard InChI is InChI=1S/C16H16FN/c1-11-3-2-4-13(9-11)15-8-6-12-5-7-14(17)10-16(12)18-15/h5-11H,2-4H2,1H3. The van der Waals surface area contributed by atoms with E-state index >= 15 is 0 Å². The number of rotatable bonds is 1. The average molecular weight is 241 g/mol. The van der Waals surface area contributed by atoms with Gasteiger partial charge in [0.05, 0.1) is 11.2 Å². The van der Waals surface area contributed by atoms with Crippen molar-refractivity contribution in [1.29, 1.82) is 0 Å². The van der Waals surface area contributed by atoms with E-state index in [0.717, 1.165) is 23.0 Å². The van der Waals surface area contributed by atoms with E-state index in [0.29, 0.717) is 5.92 Å². The summed E-state index contributed by atoms with van der Waals surface area (Å²) >= 11 is 0. The Morgan fingerprint density at radius 1 is 1.22 bits per heavy atom. The minimum Gasteiger partial charge on any atom is -0.248 e. The Labute approximate surface area is 106 Å². The zero-order chi connectivity index (χ0) is 12.5. The van der Waals surface area contributed by atoms with Crippen molar-refractivity contribution in [3.05, 3.63) is 47.9 Å². The van der Waals surface area contributed by atoms with Crippen LogP contribution in [0.25, 0.3) is 16.5 Å². The molecule has 1 aromatic carbocycles. The smallest absolute Gasteiger partial charge is 0.125 e. The molecule has 1 heterocycles. The molecule has 2 heteroatoms. The molecule has 2 aromatic rings. The molecule has 1 unspecified atom stereocenters. The van der Waals surface area contributed by atoms with Crippen molar-refractivity contribution in [2.45, 2.75) is 26.2 Å². The Morgan fingerprint density at radius 2 is 2.06 bits per heavy atom. The normalized spacial score (nSPS) is 19.9. The van der Waals surface area contributed by atoms with Crippen molar-refractivity contribution in [3.63, 3.8) is 0 Å². The fourth-order valence-corrected chi connectivity index (χ4v) is 2.61. The van der Waals surface area contributed by atoms with Crippen molar-refractivity contribution in [2.75, 3.05) is 0 Å². The predicted octanol–water partition coefficient (Wildman–Crippen LogP) is 4.58. The molecule has 1 nitrogen and oxygen atoms in total. The van der Waals surface area contributed by atoms with Crippen LogP contribution in [0.5, 0.6) is 0 Å². The molecule has 0 radical (unpaired) electrons. The van der Waals surface area contributed by atoms with Gasteiger partial charge in [0, 0.05) is 11.5 Å². The second-order valence-corrected chi connectivity index (χ2v) is 5.09. The first-order valence-corrected chi connectivity index (χ1v) is 6.50. The van der Waals surface area contributed by atoms with Gasteiger partial charge in [-0.2, -0.15) is 0 Å². The van der Waals surface area contributed by atoms with E-state index in [1.807, 2.05) is 12.1 Å². The Kier molecular flexibility index (Phi) is 2.86. The van der Waals surface area contributed by atoms with Gasteiger partial charge < -0.3 is 0 Å². The molecule has 0 amide bonds. The van der Waals surface area contributed by atoms with Crippen LogP contribution in [0.1, 0.15) is 31.9 Å². The summed E-state index contributed by atoms with van der Waals surface area (Å²) in [6, 6.07) is 8.83. The third kappa shape index (κ3) is 2.15. The highest BCUT2D eigenvalue weighted by Crippen LogP contribution is 2.29. The zero-order valence-corrected chi connectivity index (χ0v) is 10.5. The van der Waals surface area contributed by atoms with E-state index in [2.05, 4.69) is 18.0 Å². The summed E-state index contributed by atoms with van der Waals surface area (Å²) < 4.78 is 13.2. The molecule has 0 saturated heterocycles. The van der Waals surface area contributed by atoms with Gasteiger partial charge >= 0.3 is 0 Å². The van der Waals surface area contributed by atoms with Crippen LogP contribution >= 0.6 is 0 Å². The number of aromatic nitrogens is 1. The predicted molar refractivity (Wildman–Crippen MR) is 72.7 cm³/mol. The molecule has 0 aliphatic heterocycles. The third-order valence-corrected chi connectivity index (χ3v) is 3.57. The number of hydrogen-bond donors (Lipinski definition) is 0. The van der Waals surface area contributed by atoms with Crippen molar-refractivity contribution >= 4 is 16.5 Å². The van der Waals surface area contributed by atoms with Gasteiger partial charge in [0.15, 0.2) is 0 Å². The Hall–Kier alpha value is -1.70. The highest BCUT2D eigenvalue weighted by atomic mass is 19.1. The molecule has 18 heavy (non-hydrogen) atoms. The van der Waals surface area contributed by atoms with Crippen LogP contribution in [0.15, 0.2) is 36.4 Å². The lowest BCUT2D eigenvalue weighted by molar-refractivity contribution is 0.592. The second kappa shape index (κ2) is 4.52. The summed E-state index contributed by atoms with van der Waals surface area (Å²) in [6.45, 7) is 2.24. The number of benzene rings is 1. The van der Waals surface area contributed by atoms with E-state index < -0.39 is 0 Å². The fourth-order valence-electron chi connectivity index (χ4n) is 2.61. The number of pyridine rings is 1. The fraction of sp³-hybridized carbons (Fsp3) is 0.312. The first-order valence-electron chi connectivity index (χ1n) is 6.50. The maximum atomic E-state index is 13.2. The number of hydrogen-bond acceptors (Lipinski definition) is 1. The monoisotopic (exact) mass is 241 g/mol. The van der Waals surface area contributed by atoms with Gasteiger partial charge in [-0.15, -0.1) is 0 Å². The van der Waals surface area contributed by atoms with Gasteiger partial charge in [-0.05, 0) is 49.0 Å². The molecule has 1 aromatic heterocycles. The quantitative estimate of drug-likeness (QED) is 0.712. The molecule has 0 saturated carbocycles. The minimum atomic E-state index is -0.224. The maximum absolute atomic E-state index is 13.2. The van der Waals surface area contributed by atoms with Crippen molar-refractivity contribution in [3.8, 4) is 0 Å². The number of fused-ring (bicyclic) bond motifs is 1. The molecule has 3 rings (SSSR count). The SMILES string of the molecule is CC1C=C(c2ccc3ccc(F)cc3n2)CCC1. The summed E-state index contributed by atoms with van der Waals surface area (Å²) in [6.07, 6.45) is 5.86. The van der Waals surface area contributed by atoms with Crippen molar-refractivity contribution in [1.82, 2.24) is 4.98 Å². The van der Waals surface area contributed by atoms with Crippen LogP contribution in [0.2, 0.25) is 0 Å². The highest BCUT2D eigenvalue weighted by molar-refractivity contribution is 5.81. The van der Waals surface area contributed by atoms with Gasteiger partial charge in [0.1, 0.15) is 5.82 Å². The van der Waals surface area contributed by atoms with E-state index in [9.17, 15) is 4.39 Å². The van der Waals surface area contributed by atoms with Crippen molar-refractivity contribution < 1.29 is 4.39 Å². The largest absolute Gasteiger partial charge is 0.248 e. The lowest BCUT2D eigenvalue weighted by atomic mass is 9.90. The zero-order valence-electron chi connectivity index (χ0n) is 10.5. The topological polar surface area (TPSA) is 12.9 Å². The summed E-state index contributed by atoms with van der Waals surface area (Å²) in [4.78, 5) is 4.59. The maximum Gasteiger partial charge on any atom is 0.125 e. The summed E-state index contributed by atoms with van der Waals surface area (Å²) in [5.41, 5.74) is 3.05. The molecule has 0 spiro atoms. The van der Waals surface area contributed by atoms with Crippen molar-refractivity contribution in [2.24, 2.45) is 5.92 Å². The summed E-state index contributed by atoms with van der Waals surface area (Å²) in [7, 11) is 0. The average Bonchev–Trinajstić information content (AvgIpc) is 2.38. The molecule has 0 fully saturated rings. The van der Waals surface area contributed by atoms with Crippen LogP contribution in [0.3, 0.4) is 0 Å². The first-order chi connectivity index (χ1) is 8.72. The van der Waals surface area contributed by atoms with Gasteiger partial charge in [-0.25, -0.2) is 9.37 Å². The van der Waals surface area contributed by atoms with Crippen LogP contribution < -0.4 is 0 Å². The Morgan fingerprint density at radius 3 is 2.89 bits per heavy atom. The molecule has 1 aliphatic rings. The van der Waals surface area contributed by atoms with Crippen LogP contribution in [-0.4, -0.2) is 4.98 Å². The molecular formula is C16H16FN. The lowest BCUT2D eigenvalue weighted by Crippen LogP contribution is -2.01. The summed E-state index contributed by atoms with van der Waals surface area (Å²) in [5, 5.41) is 0.990. The van der Waals surface area contributed by atoms with E-state index in [-0.39, 0.29) is 5.82 Å². The number of nitrogens with zero attached hydrogens (tertiary/aromatic N) is 1. The lowest BCUT2D eigenvalue weighted by Gasteiger charge is -2.17. The number of halogens is 1. The van der Waals surface area contributed by atoms with E-state index in [4.69, 9.17) is 0 Å². The number of allylic oxidation sites excluding steroid dienone is 2. The van der Waals surface area contributed by atoms with Crippen LogP contribution in [0, 0.1) is 11.7 Å². The third-order valence-electron chi connectivity index (χ3n) is 3.57. The van der Waals surface area contributed by atoms with Crippen LogP contribution in [-0.2, 0) is 0 Å². The van der Waals surface area contributed by atoms with Gasteiger partial charge in [0.2, 0.25) is 0 Å². The van der Waals surface area contributed by atoms with Gasteiger partial charge in [-0.3, -0.25) is 0 Å². The van der Waals surface area contributed by atoms with E-state index in [1.165, 1.54) is 30.5 Å². The molecular weight excluding hydrogens is 225 g/mol. The molecule has 0 N–H and O–H groups in total. The minimum absolute atomic E-state index is 0.224. The van der Waals surface area contributed by atoms with Crippen LogP contribution in [0.4, 0.5) is 4.39 Å². The molecule has 1 atom stereocenters. The molecule has 92 valence electrons. The Balaban J connectivity index is 2.07. The second-order valence-electron chi connectivity index (χ2n) is 5.09. The Bertz CT molecular complexity index is 616. The van der Waals surface area contributed by atoms with E-state index in [1.54, 1.807) is 6.07 Å². The van der Waals surface area contributed by atoms with Gasteiger partial charge in [0.25, 0.3) is 0 Å². The molecule has 0 bridgehead atoms. The molecule has 1 aliphatic carbocycles. The summed E-state index contributed by atoms with van der Waals surface area (Å²) in [5.74, 6) is 0.400. The van der Waals surface area contributed by atoms with Gasteiger partial charge in [-0.1, -0.05) is 19.1 Å². The highest BCUT2D eigenvalue weighted by Gasteiger charge is 2.12.